The van der Waals surface area contributed by atoms with Crippen LogP contribution in [0.2, 0.25) is 0 Å². The van der Waals surface area contributed by atoms with Crippen molar-refractivity contribution in [2.75, 3.05) is 19.6 Å². The van der Waals surface area contributed by atoms with Crippen molar-refractivity contribution in [3.05, 3.63) is 0 Å². The molecule has 330 valence electrons. The lowest BCUT2D eigenvalue weighted by molar-refractivity contribution is -0.143. The number of aliphatic carboxylic acids is 2. The van der Waals surface area contributed by atoms with E-state index in [9.17, 15) is 53.4 Å². The Bertz CT molecular complexity index is 1440. The van der Waals surface area contributed by atoms with Crippen LogP contribution in [-0.2, 0) is 43.2 Å². The highest BCUT2D eigenvalue weighted by Crippen LogP contribution is 2.18. The molecular formula is C38H67N9O11. The number of amides is 7. The van der Waals surface area contributed by atoms with Crippen LogP contribution in [0, 0.1) is 17.8 Å². The van der Waals surface area contributed by atoms with Crippen molar-refractivity contribution in [2.24, 2.45) is 29.2 Å². The minimum absolute atomic E-state index is 0.0501. The number of carbonyl (C=O) groups excluding carboxylic acids is 7. The molecule has 0 saturated carbocycles. The second-order valence-corrected chi connectivity index (χ2v) is 16.2. The monoisotopic (exact) mass is 825 g/mol. The second kappa shape index (κ2) is 25.5. The summed E-state index contributed by atoms with van der Waals surface area (Å²) in [5.41, 5.74) is 11.2. The third-order valence-electron chi connectivity index (χ3n) is 9.26. The van der Waals surface area contributed by atoms with Gasteiger partial charge in [0.25, 0.3) is 0 Å². The van der Waals surface area contributed by atoms with E-state index < -0.39 is 103 Å². The Balaban J connectivity index is 3.15. The number of carboxylic acids is 2. The summed E-state index contributed by atoms with van der Waals surface area (Å²) in [6.45, 7) is 12.4. The lowest BCUT2D eigenvalue weighted by Gasteiger charge is -2.28. The Hall–Kier alpha value is -4.85. The minimum atomic E-state index is -1.70. The largest absolute Gasteiger partial charge is 0.481 e. The van der Waals surface area contributed by atoms with Crippen molar-refractivity contribution >= 4 is 53.3 Å². The lowest BCUT2D eigenvalue weighted by atomic mass is 9.99. The summed E-state index contributed by atoms with van der Waals surface area (Å²) in [6.07, 6.45) is 1.41. The zero-order valence-electron chi connectivity index (χ0n) is 34.9. The number of nitrogens with two attached hydrogens (primary N) is 2. The standard InChI is InChI=1S/C38H67N9O11/c1-20(2)15-25(42-30(48)19-41-36(55)29-12-10-14-47(29)37(56)23(7)40)32(51)44-27(17-22(5)6)34(53)46-28(18-31(49)50)35(54)45-26(16-21(3)4)33(52)43-24(38(57)58)11-8-9-13-39/h20-29H,8-19,39-40H2,1-7H3,(H,41,55)(H,42,48)(H,43,52)(H,44,51)(H,45,54)(H,46,53)(H,49,50)(H,57,58)/t23-,24+,25+,26+,27+,28+,29+/m1/s1. The molecule has 0 spiro atoms. The molecule has 1 aliphatic heterocycles. The van der Waals surface area contributed by atoms with Crippen LogP contribution >= 0.6 is 0 Å². The molecule has 20 nitrogen and oxygen atoms in total. The third-order valence-corrected chi connectivity index (χ3v) is 9.26. The van der Waals surface area contributed by atoms with E-state index in [2.05, 4.69) is 31.9 Å². The van der Waals surface area contributed by atoms with Gasteiger partial charge >= 0.3 is 11.9 Å². The smallest absolute Gasteiger partial charge is 0.326 e. The fourth-order valence-corrected chi connectivity index (χ4v) is 6.43. The van der Waals surface area contributed by atoms with Gasteiger partial charge in [-0.1, -0.05) is 41.5 Å². The predicted octanol–water partition coefficient (Wildman–Crippen LogP) is -1.31. The van der Waals surface area contributed by atoms with Gasteiger partial charge < -0.3 is 58.5 Å². The van der Waals surface area contributed by atoms with Gasteiger partial charge in [-0.05, 0) is 82.6 Å². The van der Waals surface area contributed by atoms with Gasteiger partial charge in [-0.2, -0.15) is 0 Å². The number of nitrogens with zero attached hydrogens (tertiary/aromatic N) is 1. The Morgan fingerprint density at radius 1 is 0.655 bits per heavy atom. The Kier molecular flexibility index (Phi) is 22.5. The maximum atomic E-state index is 13.7. The van der Waals surface area contributed by atoms with Crippen molar-refractivity contribution in [1.82, 2.24) is 36.8 Å². The van der Waals surface area contributed by atoms with Crippen LogP contribution < -0.4 is 43.4 Å². The first-order chi connectivity index (χ1) is 27.1. The fraction of sp³-hybridized carbons (Fsp3) is 0.763. The van der Waals surface area contributed by atoms with Gasteiger partial charge in [-0.3, -0.25) is 38.4 Å². The first-order valence-corrected chi connectivity index (χ1v) is 20.1. The van der Waals surface area contributed by atoms with Gasteiger partial charge in [0.2, 0.25) is 41.4 Å². The lowest BCUT2D eigenvalue weighted by Crippen LogP contribution is -2.59. The van der Waals surface area contributed by atoms with Gasteiger partial charge in [-0.15, -0.1) is 0 Å². The van der Waals surface area contributed by atoms with Crippen LogP contribution in [0.25, 0.3) is 0 Å². The highest BCUT2D eigenvalue weighted by atomic mass is 16.4. The molecule has 12 N–H and O–H groups in total. The quantitative estimate of drug-likeness (QED) is 0.0454. The molecule has 0 aromatic carbocycles. The van der Waals surface area contributed by atoms with Crippen molar-refractivity contribution in [1.29, 1.82) is 0 Å². The summed E-state index contributed by atoms with van der Waals surface area (Å²) in [7, 11) is 0. The molecule has 0 aliphatic carbocycles. The number of rotatable bonds is 26. The van der Waals surface area contributed by atoms with Crippen LogP contribution in [0.3, 0.4) is 0 Å². The maximum absolute atomic E-state index is 13.7. The molecule has 7 amide bonds. The van der Waals surface area contributed by atoms with Gasteiger partial charge in [0.1, 0.15) is 36.3 Å². The molecule has 0 aromatic heterocycles. The summed E-state index contributed by atoms with van der Waals surface area (Å²) >= 11 is 0. The number of hydrogen-bond donors (Lipinski definition) is 10. The van der Waals surface area contributed by atoms with Gasteiger partial charge in [0, 0.05) is 6.54 Å². The van der Waals surface area contributed by atoms with E-state index in [1.54, 1.807) is 27.7 Å². The Labute approximate surface area is 340 Å². The van der Waals surface area contributed by atoms with Crippen LogP contribution in [0.4, 0.5) is 0 Å². The zero-order valence-corrected chi connectivity index (χ0v) is 34.9. The van der Waals surface area contributed by atoms with Crippen molar-refractivity contribution in [3.63, 3.8) is 0 Å². The fourth-order valence-electron chi connectivity index (χ4n) is 6.43. The average Bonchev–Trinajstić information content (AvgIpc) is 3.61. The van der Waals surface area contributed by atoms with Crippen LogP contribution in [0.1, 0.15) is 106 Å². The third kappa shape index (κ3) is 18.6. The summed E-state index contributed by atoms with van der Waals surface area (Å²) in [5.74, 6) is -8.30. The molecule has 1 saturated heterocycles. The topological polar surface area (TPSA) is 322 Å². The second-order valence-electron chi connectivity index (χ2n) is 16.2. The van der Waals surface area contributed by atoms with Crippen molar-refractivity contribution in [3.8, 4) is 0 Å². The molecule has 1 rings (SSSR count). The van der Waals surface area contributed by atoms with E-state index in [4.69, 9.17) is 11.5 Å². The van der Waals surface area contributed by atoms with Crippen molar-refractivity contribution in [2.45, 2.75) is 149 Å². The Morgan fingerprint density at radius 2 is 1.10 bits per heavy atom. The molecule has 0 bridgehead atoms. The maximum Gasteiger partial charge on any atom is 0.326 e. The molecule has 1 fully saturated rings. The van der Waals surface area contributed by atoms with Crippen LogP contribution in [-0.4, -0.2) is 130 Å². The van der Waals surface area contributed by atoms with E-state index >= 15 is 0 Å². The number of hydrogen-bond acceptors (Lipinski definition) is 11. The minimum Gasteiger partial charge on any atom is -0.481 e. The molecule has 1 heterocycles. The molecule has 0 aromatic rings. The molecule has 0 radical (unpaired) electrons. The molecule has 20 heteroatoms. The SMILES string of the molecule is CC(C)C[C@H](NC(=O)CNC(=O)[C@@H]1CCCN1C(=O)[C@@H](C)N)C(=O)N[C@@H](CC(C)C)C(=O)N[C@@H](CC(=O)O)C(=O)N[C@@H](CC(C)C)C(=O)N[C@@H](CCCCN)C(=O)O. The number of unbranched alkanes of at least 4 members (excludes halogenated alkanes) is 1. The highest BCUT2D eigenvalue weighted by molar-refractivity contribution is 5.98. The first-order valence-electron chi connectivity index (χ1n) is 20.1. The van der Waals surface area contributed by atoms with Crippen LogP contribution in [0.15, 0.2) is 0 Å². The van der Waals surface area contributed by atoms with Gasteiger partial charge in [0.15, 0.2) is 0 Å². The summed E-state index contributed by atoms with van der Waals surface area (Å²) in [4.78, 5) is 118. The summed E-state index contributed by atoms with van der Waals surface area (Å²) < 4.78 is 0. The molecule has 7 atom stereocenters. The van der Waals surface area contributed by atoms with E-state index in [1.165, 1.54) is 11.8 Å². The predicted molar refractivity (Wildman–Crippen MR) is 212 cm³/mol. The number of likely N-dealkylation sites (tertiary alicyclic amines) is 1. The normalized spacial score (nSPS) is 17.0. The molecule has 58 heavy (non-hydrogen) atoms. The van der Waals surface area contributed by atoms with Gasteiger partial charge in [0.05, 0.1) is 19.0 Å². The number of carbonyl (C=O) groups is 9. The Morgan fingerprint density at radius 3 is 1.53 bits per heavy atom. The zero-order chi connectivity index (χ0) is 44.3. The van der Waals surface area contributed by atoms with Crippen molar-refractivity contribution < 1.29 is 53.4 Å². The van der Waals surface area contributed by atoms with Crippen LogP contribution in [0.5, 0.6) is 0 Å². The average molecular weight is 826 g/mol. The first kappa shape index (κ1) is 51.2. The highest BCUT2D eigenvalue weighted by Gasteiger charge is 2.36. The van der Waals surface area contributed by atoms with E-state index in [0.717, 1.165) is 0 Å². The molecular weight excluding hydrogens is 758 g/mol. The molecule has 1 aliphatic rings. The molecule has 0 unspecified atom stereocenters. The van der Waals surface area contributed by atoms with Gasteiger partial charge in [-0.25, -0.2) is 4.79 Å². The number of carboxylic acid groups (broad SMARTS) is 2. The number of nitrogens with one attached hydrogen (secondary N) is 6. The summed E-state index contributed by atoms with van der Waals surface area (Å²) in [6, 6.07) is -8.28. The van der Waals surface area contributed by atoms with E-state index in [0.29, 0.717) is 38.8 Å². The summed E-state index contributed by atoms with van der Waals surface area (Å²) in [5, 5.41) is 34.3. The van der Waals surface area contributed by atoms with E-state index in [-0.39, 0.29) is 49.3 Å². The van der Waals surface area contributed by atoms with E-state index in [1.807, 2.05) is 13.8 Å².